The maximum absolute atomic E-state index is 13.8. The van der Waals surface area contributed by atoms with Crippen LogP contribution in [-0.4, -0.2) is 38.5 Å². The molecule has 0 aliphatic carbocycles. The van der Waals surface area contributed by atoms with Crippen LogP contribution in [-0.2, 0) is 24.9 Å². The van der Waals surface area contributed by atoms with Crippen LogP contribution < -0.4 is 9.47 Å². The van der Waals surface area contributed by atoms with Crippen LogP contribution in [0, 0.1) is 13.8 Å². The topological polar surface area (TPSA) is 82.6 Å². The van der Waals surface area contributed by atoms with E-state index in [0.717, 1.165) is 28.2 Å². The van der Waals surface area contributed by atoms with Crippen LogP contribution in [0.15, 0.2) is 65.2 Å². The third-order valence-corrected chi connectivity index (χ3v) is 5.93. The highest BCUT2D eigenvalue weighted by molar-refractivity contribution is 5.82. The first-order valence-electron chi connectivity index (χ1n) is 11.2. The van der Waals surface area contributed by atoms with Gasteiger partial charge >= 0.3 is 0 Å². The van der Waals surface area contributed by atoms with Crippen molar-refractivity contribution in [3.63, 3.8) is 0 Å². The molecule has 0 bridgehead atoms. The summed E-state index contributed by atoms with van der Waals surface area (Å²) in [4.78, 5) is 15.5. The second-order valence-electron chi connectivity index (χ2n) is 8.39. The molecule has 0 radical (unpaired) electrons. The number of aromatic nitrogens is 3. The first-order valence-corrected chi connectivity index (χ1v) is 11.2. The van der Waals surface area contributed by atoms with Crippen LogP contribution in [0.4, 0.5) is 0 Å². The largest absolute Gasteiger partial charge is 0.485 e. The lowest BCUT2D eigenvalue weighted by molar-refractivity contribution is -0.142. The van der Waals surface area contributed by atoms with E-state index in [-0.39, 0.29) is 12.5 Å². The number of aryl methyl sites for hydroxylation is 3. The lowest BCUT2D eigenvalue weighted by Crippen LogP contribution is -2.46. The Balaban J connectivity index is 1.47. The number of hydrogen-bond acceptors (Lipinski definition) is 6. The van der Waals surface area contributed by atoms with Crippen molar-refractivity contribution in [3.8, 4) is 22.8 Å². The predicted octanol–water partition coefficient (Wildman–Crippen LogP) is 4.06. The van der Waals surface area contributed by atoms with Gasteiger partial charge in [-0.25, -0.2) is 0 Å². The molecule has 2 aromatic carbocycles. The molecule has 0 saturated carbocycles. The second-order valence-corrected chi connectivity index (χ2v) is 8.39. The van der Waals surface area contributed by atoms with Gasteiger partial charge in [0.1, 0.15) is 18.1 Å². The van der Waals surface area contributed by atoms with E-state index in [1.165, 1.54) is 0 Å². The minimum Gasteiger partial charge on any atom is -0.485 e. The second kappa shape index (κ2) is 9.05. The third-order valence-electron chi connectivity index (χ3n) is 5.93. The van der Waals surface area contributed by atoms with Crippen LogP contribution in [0.5, 0.6) is 11.5 Å². The molecule has 0 saturated heterocycles. The first-order chi connectivity index (χ1) is 16.5. The van der Waals surface area contributed by atoms with Crippen molar-refractivity contribution < 1.29 is 18.8 Å². The van der Waals surface area contributed by atoms with Gasteiger partial charge in [0, 0.05) is 18.2 Å². The van der Waals surface area contributed by atoms with E-state index in [1.54, 1.807) is 15.6 Å². The number of nitrogens with zero attached hydrogens (tertiary/aromatic N) is 4. The Labute approximate surface area is 197 Å². The molecular weight excluding hydrogens is 432 g/mol. The van der Waals surface area contributed by atoms with Crippen LogP contribution >= 0.6 is 0 Å². The number of para-hydroxylation sites is 2. The fourth-order valence-corrected chi connectivity index (χ4v) is 4.16. The van der Waals surface area contributed by atoms with E-state index in [4.69, 9.17) is 14.0 Å². The first kappa shape index (κ1) is 21.8. The van der Waals surface area contributed by atoms with Gasteiger partial charge in [0.25, 0.3) is 5.91 Å². The Kier molecular flexibility index (Phi) is 5.79. The molecule has 0 N–H and O–H groups in total. The Morgan fingerprint density at radius 3 is 2.53 bits per heavy atom. The number of carbonyl (C=O) groups excluding carboxylic acids is 1. The van der Waals surface area contributed by atoms with Gasteiger partial charge < -0.3 is 18.9 Å². The summed E-state index contributed by atoms with van der Waals surface area (Å²) < 4.78 is 19.2. The zero-order valence-corrected chi connectivity index (χ0v) is 19.4. The number of fused-ring (bicyclic) bond motifs is 1. The van der Waals surface area contributed by atoms with Crippen molar-refractivity contribution in [1.29, 1.82) is 0 Å². The smallest absolute Gasteiger partial charge is 0.267 e. The highest BCUT2D eigenvalue weighted by atomic mass is 16.6. The van der Waals surface area contributed by atoms with Crippen molar-refractivity contribution in [2.45, 2.75) is 33.0 Å². The summed E-state index contributed by atoms with van der Waals surface area (Å²) in [5.41, 5.74) is 4.32. The maximum Gasteiger partial charge on any atom is 0.267 e. The number of hydrogen-bond donors (Lipinski definition) is 0. The summed E-state index contributed by atoms with van der Waals surface area (Å²) in [5, 5.41) is 8.72. The Bertz CT molecular complexity index is 1310. The van der Waals surface area contributed by atoms with Crippen molar-refractivity contribution >= 4 is 5.91 Å². The van der Waals surface area contributed by atoms with Crippen LogP contribution in [0.25, 0.3) is 11.3 Å². The molecule has 1 atom stereocenters. The molecule has 5 rings (SSSR count). The quantitative estimate of drug-likeness (QED) is 0.433. The highest BCUT2D eigenvalue weighted by Gasteiger charge is 2.33. The fraction of sp³-hybridized carbons (Fsp3) is 0.269. The molecule has 1 unspecified atom stereocenters. The third kappa shape index (κ3) is 4.26. The van der Waals surface area contributed by atoms with E-state index in [9.17, 15) is 4.79 Å². The van der Waals surface area contributed by atoms with E-state index in [1.807, 2.05) is 75.5 Å². The summed E-state index contributed by atoms with van der Waals surface area (Å²) in [6.45, 7) is 4.61. The average Bonchev–Trinajstić information content (AvgIpc) is 3.38. The minimum absolute atomic E-state index is 0.144. The molecule has 174 valence electrons. The normalized spacial score (nSPS) is 14.7. The van der Waals surface area contributed by atoms with Crippen LogP contribution in [0.1, 0.15) is 22.7 Å². The minimum atomic E-state index is -0.760. The summed E-state index contributed by atoms with van der Waals surface area (Å²) in [5.74, 6) is 1.70. The molecule has 1 aliphatic heterocycles. The highest BCUT2D eigenvalue weighted by Crippen LogP contribution is 2.32. The van der Waals surface area contributed by atoms with Gasteiger partial charge in [0.15, 0.2) is 11.5 Å². The maximum atomic E-state index is 13.8. The molecule has 34 heavy (non-hydrogen) atoms. The van der Waals surface area contributed by atoms with Gasteiger partial charge in [-0.3, -0.25) is 9.48 Å². The van der Waals surface area contributed by atoms with Crippen molar-refractivity contribution in [2.24, 2.45) is 7.05 Å². The Morgan fingerprint density at radius 1 is 1.06 bits per heavy atom. The number of benzene rings is 2. The molecule has 0 fully saturated rings. The summed E-state index contributed by atoms with van der Waals surface area (Å²) in [6, 6.07) is 19.2. The zero-order valence-electron chi connectivity index (χ0n) is 19.4. The van der Waals surface area contributed by atoms with Crippen molar-refractivity contribution in [2.75, 3.05) is 6.61 Å². The predicted molar refractivity (Wildman–Crippen MR) is 125 cm³/mol. The monoisotopic (exact) mass is 458 g/mol. The summed E-state index contributed by atoms with van der Waals surface area (Å²) >= 11 is 0. The van der Waals surface area contributed by atoms with Gasteiger partial charge in [-0.1, -0.05) is 47.6 Å². The lowest BCUT2D eigenvalue weighted by Gasteiger charge is -2.31. The summed E-state index contributed by atoms with van der Waals surface area (Å²) in [7, 11) is 1.88. The zero-order chi connectivity index (χ0) is 23.7. The van der Waals surface area contributed by atoms with E-state index < -0.39 is 6.10 Å². The molecule has 8 nitrogen and oxygen atoms in total. The van der Waals surface area contributed by atoms with Gasteiger partial charge in [0.2, 0.25) is 6.10 Å². The molecule has 0 spiro atoms. The van der Waals surface area contributed by atoms with E-state index >= 15 is 0 Å². The number of rotatable bonds is 6. The van der Waals surface area contributed by atoms with Gasteiger partial charge in [-0.2, -0.15) is 5.10 Å². The number of amides is 1. The van der Waals surface area contributed by atoms with Crippen LogP contribution in [0.3, 0.4) is 0 Å². The lowest BCUT2D eigenvalue weighted by atomic mass is 10.1. The fourth-order valence-electron chi connectivity index (χ4n) is 4.16. The Morgan fingerprint density at radius 2 is 1.79 bits per heavy atom. The van der Waals surface area contributed by atoms with Gasteiger partial charge in [0.05, 0.1) is 24.5 Å². The number of ether oxygens (including phenoxy) is 2. The molecule has 1 amide bonds. The van der Waals surface area contributed by atoms with Crippen molar-refractivity contribution in [3.05, 3.63) is 83.4 Å². The molecular formula is C26H26N4O4. The van der Waals surface area contributed by atoms with Gasteiger partial charge in [-0.15, -0.1) is 0 Å². The van der Waals surface area contributed by atoms with E-state index in [2.05, 4.69) is 10.3 Å². The number of carbonyl (C=O) groups is 1. The van der Waals surface area contributed by atoms with Crippen molar-refractivity contribution in [1.82, 2.24) is 19.8 Å². The molecule has 3 heterocycles. The standard InChI is InChI=1S/C26H26N4O4/c1-17-13-20(29(3)27-17)14-30(26(31)24-16-32-22-11-7-8-12-23(22)33-24)15-21-18(2)34-28-25(21)19-9-5-4-6-10-19/h4-13,24H,14-16H2,1-3H3. The summed E-state index contributed by atoms with van der Waals surface area (Å²) in [6.07, 6.45) is -0.760. The molecule has 2 aromatic heterocycles. The molecule has 4 aromatic rings. The molecule has 8 heteroatoms. The Hall–Kier alpha value is -4.07. The average molecular weight is 459 g/mol. The van der Waals surface area contributed by atoms with E-state index in [0.29, 0.717) is 30.3 Å². The molecule has 1 aliphatic rings. The van der Waals surface area contributed by atoms with Crippen LogP contribution in [0.2, 0.25) is 0 Å². The van der Waals surface area contributed by atoms with Gasteiger partial charge in [-0.05, 0) is 32.0 Å². The SMILES string of the molecule is Cc1cc(CN(Cc2c(-c3ccccc3)noc2C)C(=O)C2COc3ccccc3O2)n(C)n1.